The molecule has 0 unspecified atom stereocenters. The van der Waals surface area contributed by atoms with Crippen LogP contribution in [0.1, 0.15) is 43.2 Å². The Morgan fingerprint density at radius 3 is 2.70 bits per heavy atom. The third-order valence-electron chi connectivity index (χ3n) is 5.64. The molecule has 0 amide bonds. The van der Waals surface area contributed by atoms with E-state index in [0.29, 0.717) is 30.6 Å². The summed E-state index contributed by atoms with van der Waals surface area (Å²) in [6, 6.07) is 17.8. The van der Waals surface area contributed by atoms with Crippen molar-refractivity contribution in [3.8, 4) is 0 Å². The third-order valence-corrected chi connectivity index (χ3v) is 6.14. The molecule has 4 rings (SSSR count). The molecule has 0 spiro atoms. The molecule has 2 aromatic carbocycles. The number of allylic oxidation sites excluding steroid dienone is 3. The Morgan fingerprint density at radius 1 is 1.13 bits per heavy atom. The zero-order chi connectivity index (χ0) is 21.1. The first-order chi connectivity index (χ1) is 14.5. The summed E-state index contributed by atoms with van der Waals surface area (Å²) in [7, 11) is 0. The van der Waals surface area contributed by atoms with Gasteiger partial charge >= 0.3 is 5.97 Å². The van der Waals surface area contributed by atoms with E-state index in [1.54, 1.807) is 0 Å². The van der Waals surface area contributed by atoms with Crippen molar-refractivity contribution in [2.75, 3.05) is 6.61 Å². The molecule has 0 aromatic heterocycles. The van der Waals surface area contributed by atoms with Crippen LogP contribution in [0.25, 0.3) is 0 Å². The number of rotatable bonds is 5. The number of dihydropyridines is 1. The van der Waals surface area contributed by atoms with E-state index >= 15 is 0 Å². The Labute approximate surface area is 185 Å². The lowest BCUT2D eigenvalue weighted by Crippen LogP contribution is -2.34. The molecule has 0 saturated heterocycles. The van der Waals surface area contributed by atoms with Gasteiger partial charge in [-0.1, -0.05) is 58.4 Å². The van der Waals surface area contributed by atoms with E-state index in [1.165, 1.54) is 0 Å². The number of Topliss-reactive ketones (excluding diaryl/α,β-unsaturated/α-hetero) is 1. The predicted octanol–water partition coefficient (Wildman–Crippen LogP) is 5.20. The van der Waals surface area contributed by atoms with E-state index in [4.69, 9.17) is 4.74 Å². The first-order valence-electron chi connectivity index (χ1n) is 10.2. The Morgan fingerprint density at radius 2 is 1.93 bits per heavy atom. The lowest BCUT2D eigenvalue weighted by atomic mass is 9.75. The number of ketones is 1. The first-order valence-corrected chi connectivity index (χ1v) is 11.0. The minimum absolute atomic E-state index is 0.107. The van der Waals surface area contributed by atoms with E-state index in [2.05, 4.69) is 21.2 Å². The van der Waals surface area contributed by atoms with Crippen LogP contribution >= 0.6 is 15.9 Å². The summed E-state index contributed by atoms with van der Waals surface area (Å²) in [5.74, 6) is -0.669. The van der Waals surface area contributed by atoms with Gasteiger partial charge in [-0.25, -0.2) is 4.79 Å². The number of halogens is 1. The highest BCUT2D eigenvalue weighted by Crippen LogP contribution is 2.42. The molecule has 4 nitrogen and oxygen atoms in total. The number of esters is 1. The number of carbonyl (C=O) groups excluding carboxylic acids is 2. The highest BCUT2D eigenvalue weighted by Gasteiger charge is 2.39. The summed E-state index contributed by atoms with van der Waals surface area (Å²) in [6.45, 7) is 2.19. The van der Waals surface area contributed by atoms with Gasteiger partial charge in [-0.15, -0.1) is 0 Å². The van der Waals surface area contributed by atoms with Gasteiger partial charge in [0.2, 0.25) is 0 Å². The van der Waals surface area contributed by atoms with Crippen LogP contribution in [0.3, 0.4) is 0 Å². The molecule has 0 saturated carbocycles. The van der Waals surface area contributed by atoms with E-state index < -0.39 is 5.92 Å². The van der Waals surface area contributed by atoms with Crippen molar-refractivity contribution in [3.05, 3.63) is 92.7 Å². The zero-order valence-corrected chi connectivity index (χ0v) is 18.5. The second kappa shape index (κ2) is 9.00. The molecule has 1 heterocycles. The normalized spacial score (nSPS) is 18.7. The van der Waals surface area contributed by atoms with Gasteiger partial charge in [-0.05, 0) is 43.0 Å². The summed E-state index contributed by atoms with van der Waals surface area (Å²) in [4.78, 5) is 26.1. The summed E-state index contributed by atoms with van der Waals surface area (Å²) < 4.78 is 6.59. The van der Waals surface area contributed by atoms with Crippen LogP contribution < -0.4 is 5.32 Å². The van der Waals surface area contributed by atoms with Gasteiger partial charge < -0.3 is 10.1 Å². The topological polar surface area (TPSA) is 55.4 Å². The number of carbonyl (C=O) groups is 2. The average Bonchev–Trinajstić information content (AvgIpc) is 2.73. The second-order valence-corrected chi connectivity index (χ2v) is 8.61. The number of hydrogen-bond acceptors (Lipinski definition) is 4. The van der Waals surface area contributed by atoms with E-state index in [-0.39, 0.29) is 11.8 Å². The first kappa shape index (κ1) is 20.6. The molecule has 154 valence electrons. The van der Waals surface area contributed by atoms with Crippen molar-refractivity contribution in [3.63, 3.8) is 0 Å². The molecule has 2 aromatic rings. The Hall–Kier alpha value is -2.66. The SMILES string of the molecule is CC1=C(C(=O)OCCc2ccccc2)[C@H](c2cccc(Br)c2)C2=C(CCCC2=O)N1. The molecule has 1 aliphatic heterocycles. The van der Waals surface area contributed by atoms with Crippen molar-refractivity contribution < 1.29 is 14.3 Å². The van der Waals surface area contributed by atoms with Crippen LogP contribution in [-0.2, 0) is 20.7 Å². The van der Waals surface area contributed by atoms with Crippen LogP contribution in [0.4, 0.5) is 0 Å². The molecule has 5 heteroatoms. The lowest BCUT2D eigenvalue weighted by Gasteiger charge is -2.34. The van der Waals surface area contributed by atoms with Crippen molar-refractivity contribution in [2.24, 2.45) is 0 Å². The maximum absolute atomic E-state index is 13.2. The minimum atomic E-state index is -0.407. The lowest BCUT2D eigenvalue weighted by molar-refractivity contribution is -0.139. The van der Waals surface area contributed by atoms with Gasteiger partial charge in [0.1, 0.15) is 0 Å². The molecule has 1 N–H and O–H groups in total. The Kier molecular flexibility index (Phi) is 6.18. The van der Waals surface area contributed by atoms with Crippen LogP contribution in [-0.4, -0.2) is 18.4 Å². The molecule has 0 radical (unpaired) electrons. The smallest absolute Gasteiger partial charge is 0.336 e. The summed E-state index contributed by atoms with van der Waals surface area (Å²) in [6.07, 6.45) is 2.82. The maximum atomic E-state index is 13.2. The molecule has 0 fully saturated rings. The fourth-order valence-electron chi connectivity index (χ4n) is 4.26. The van der Waals surface area contributed by atoms with E-state index in [9.17, 15) is 9.59 Å². The molecule has 1 atom stereocenters. The van der Waals surface area contributed by atoms with Gasteiger partial charge in [0.15, 0.2) is 5.78 Å². The zero-order valence-electron chi connectivity index (χ0n) is 16.9. The average molecular weight is 466 g/mol. The predicted molar refractivity (Wildman–Crippen MR) is 120 cm³/mol. The van der Waals surface area contributed by atoms with Crippen LogP contribution in [0, 0.1) is 0 Å². The monoisotopic (exact) mass is 465 g/mol. The number of hydrogen-bond donors (Lipinski definition) is 1. The van der Waals surface area contributed by atoms with Gasteiger partial charge in [0, 0.05) is 40.2 Å². The number of ether oxygens (including phenoxy) is 1. The maximum Gasteiger partial charge on any atom is 0.336 e. The number of benzene rings is 2. The van der Waals surface area contributed by atoms with E-state index in [0.717, 1.165) is 39.8 Å². The third kappa shape index (κ3) is 4.26. The Bertz CT molecular complexity index is 1040. The highest BCUT2D eigenvalue weighted by molar-refractivity contribution is 9.10. The summed E-state index contributed by atoms with van der Waals surface area (Å²) in [5, 5.41) is 3.33. The van der Waals surface area contributed by atoms with E-state index in [1.807, 2.05) is 61.5 Å². The van der Waals surface area contributed by atoms with Gasteiger partial charge in [0.05, 0.1) is 12.2 Å². The second-order valence-electron chi connectivity index (χ2n) is 7.69. The summed E-state index contributed by atoms with van der Waals surface area (Å²) >= 11 is 3.52. The minimum Gasteiger partial charge on any atom is -0.462 e. The largest absolute Gasteiger partial charge is 0.462 e. The highest BCUT2D eigenvalue weighted by atomic mass is 79.9. The summed E-state index contributed by atoms with van der Waals surface area (Å²) in [5.41, 5.74) is 4.97. The molecule has 1 aliphatic carbocycles. The quantitative estimate of drug-likeness (QED) is 0.616. The standard InChI is InChI=1S/C25H24BrNO3/c1-16-22(25(29)30-14-13-17-7-3-2-4-8-17)23(18-9-5-10-19(26)15-18)24-20(27-16)11-6-12-21(24)28/h2-5,7-10,15,23,27H,6,11-14H2,1H3/t23-/m0/s1. The molecule has 2 aliphatic rings. The van der Waals surface area contributed by atoms with Crippen molar-refractivity contribution >= 4 is 27.7 Å². The van der Waals surface area contributed by atoms with Crippen LogP contribution in [0.2, 0.25) is 0 Å². The van der Waals surface area contributed by atoms with Crippen molar-refractivity contribution in [2.45, 2.75) is 38.5 Å². The van der Waals surface area contributed by atoms with Gasteiger partial charge in [-0.3, -0.25) is 4.79 Å². The van der Waals surface area contributed by atoms with Crippen molar-refractivity contribution in [1.29, 1.82) is 0 Å². The Balaban J connectivity index is 1.64. The fraction of sp³-hybridized carbons (Fsp3) is 0.280. The van der Waals surface area contributed by atoms with Gasteiger partial charge in [-0.2, -0.15) is 0 Å². The van der Waals surface area contributed by atoms with Crippen LogP contribution in [0.15, 0.2) is 81.6 Å². The molecular formula is C25H24BrNO3. The molecule has 30 heavy (non-hydrogen) atoms. The molecule has 0 bridgehead atoms. The number of nitrogens with one attached hydrogen (secondary N) is 1. The van der Waals surface area contributed by atoms with Gasteiger partial charge in [0.25, 0.3) is 0 Å². The van der Waals surface area contributed by atoms with Crippen molar-refractivity contribution in [1.82, 2.24) is 5.32 Å². The fourth-order valence-corrected chi connectivity index (χ4v) is 4.67. The molecular weight excluding hydrogens is 442 g/mol. The van der Waals surface area contributed by atoms with Crippen LogP contribution in [0.5, 0.6) is 0 Å².